The topological polar surface area (TPSA) is 73.6 Å². The van der Waals surface area contributed by atoms with Gasteiger partial charge in [0.15, 0.2) is 6.61 Å². The van der Waals surface area contributed by atoms with E-state index >= 15 is 0 Å². The van der Waals surface area contributed by atoms with Crippen molar-refractivity contribution in [2.45, 2.75) is 38.8 Å². The molecule has 1 aromatic carbocycles. The van der Waals surface area contributed by atoms with Crippen LogP contribution in [0.2, 0.25) is 0 Å². The van der Waals surface area contributed by atoms with Gasteiger partial charge in [0, 0.05) is 30.6 Å². The fourth-order valence-corrected chi connectivity index (χ4v) is 2.38. The lowest BCUT2D eigenvalue weighted by molar-refractivity contribution is -0.122. The Morgan fingerprint density at radius 2 is 2.30 bits per heavy atom. The number of likely N-dealkylation sites (N-methyl/N-ethyl adjacent to an activating group) is 1. The van der Waals surface area contributed by atoms with Crippen molar-refractivity contribution in [1.82, 2.24) is 5.32 Å². The van der Waals surface area contributed by atoms with Crippen molar-refractivity contribution in [3.63, 3.8) is 0 Å². The average molecular weight is 278 g/mol. The zero-order chi connectivity index (χ0) is 14.8. The van der Waals surface area contributed by atoms with Crippen LogP contribution < -0.4 is 20.5 Å². The Balaban J connectivity index is 2.09. The molecule has 2 rings (SSSR count). The molecule has 0 aliphatic carbocycles. The maximum absolute atomic E-state index is 11.4. The summed E-state index contributed by atoms with van der Waals surface area (Å²) in [6.45, 7) is 6.49. The number of rotatable bonds is 4. The van der Waals surface area contributed by atoms with Crippen LogP contribution in [0.3, 0.4) is 0 Å². The minimum atomic E-state index is -0.287. The van der Waals surface area contributed by atoms with Crippen molar-refractivity contribution in [1.29, 1.82) is 0 Å². The number of carbonyl (C=O) groups excluding carboxylic acids is 1. The first-order valence-electron chi connectivity index (χ1n) is 6.89. The highest BCUT2D eigenvalue weighted by atomic mass is 16.5. The molecule has 0 bridgehead atoms. The molecule has 0 spiro atoms. The molecule has 1 unspecified atom stereocenters. The van der Waals surface area contributed by atoms with Gasteiger partial charge in [0.2, 0.25) is 0 Å². The van der Waals surface area contributed by atoms with E-state index in [0.29, 0.717) is 12.3 Å². The molecular formula is C15H22N2O3. The minimum absolute atomic E-state index is 0.00206. The highest BCUT2D eigenvalue weighted by molar-refractivity contribution is 5.77. The molecule has 1 heterocycles. The van der Waals surface area contributed by atoms with Crippen molar-refractivity contribution in [2.75, 3.05) is 13.2 Å². The van der Waals surface area contributed by atoms with Crippen LogP contribution in [0.4, 0.5) is 0 Å². The number of benzene rings is 1. The van der Waals surface area contributed by atoms with E-state index in [2.05, 4.69) is 5.32 Å². The van der Waals surface area contributed by atoms with Crippen LogP contribution >= 0.6 is 0 Å². The van der Waals surface area contributed by atoms with Crippen LogP contribution in [0.1, 0.15) is 38.8 Å². The Morgan fingerprint density at radius 3 is 3.00 bits per heavy atom. The van der Waals surface area contributed by atoms with Crippen LogP contribution in [0.25, 0.3) is 0 Å². The second-order valence-corrected chi connectivity index (χ2v) is 5.61. The molecule has 0 aromatic heterocycles. The molecule has 1 aliphatic heterocycles. The third-order valence-corrected chi connectivity index (χ3v) is 3.23. The molecule has 0 radical (unpaired) electrons. The van der Waals surface area contributed by atoms with Gasteiger partial charge in [0.25, 0.3) is 5.91 Å². The van der Waals surface area contributed by atoms with Gasteiger partial charge < -0.3 is 20.5 Å². The van der Waals surface area contributed by atoms with Crippen molar-refractivity contribution in [2.24, 2.45) is 5.73 Å². The van der Waals surface area contributed by atoms with Crippen LogP contribution in [-0.2, 0) is 4.79 Å². The Morgan fingerprint density at radius 1 is 1.55 bits per heavy atom. The Hall–Kier alpha value is -1.75. The maximum atomic E-state index is 11.4. The van der Waals surface area contributed by atoms with E-state index in [1.165, 1.54) is 0 Å². The number of hydrogen-bond acceptors (Lipinski definition) is 4. The number of hydrogen-bond donors (Lipinski definition) is 2. The van der Waals surface area contributed by atoms with E-state index in [9.17, 15) is 4.79 Å². The summed E-state index contributed by atoms with van der Waals surface area (Å²) in [7, 11) is 0. The van der Waals surface area contributed by atoms with Crippen molar-refractivity contribution < 1.29 is 14.3 Å². The number of ether oxygens (including phenoxy) is 2. The molecule has 0 fully saturated rings. The standard InChI is InChI=1S/C15H22N2O3/c1-4-17-14(18)9-19-10-5-6-11-12(16)8-15(2,3)20-13(11)7-10/h5-7,12H,4,8-9,16H2,1-3H3,(H,17,18). The second-order valence-electron chi connectivity index (χ2n) is 5.61. The summed E-state index contributed by atoms with van der Waals surface area (Å²) in [5.74, 6) is 1.21. The first-order chi connectivity index (χ1) is 9.41. The van der Waals surface area contributed by atoms with Gasteiger partial charge in [-0.2, -0.15) is 0 Å². The summed E-state index contributed by atoms with van der Waals surface area (Å²) in [4.78, 5) is 11.4. The zero-order valence-electron chi connectivity index (χ0n) is 12.2. The molecule has 5 nitrogen and oxygen atoms in total. The molecule has 1 aliphatic rings. The lowest BCUT2D eigenvalue weighted by atomic mass is 9.90. The summed E-state index contributed by atoms with van der Waals surface area (Å²) >= 11 is 0. The molecule has 1 atom stereocenters. The molecule has 1 amide bonds. The number of amides is 1. The second kappa shape index (κ2) is 5.71. The Kier molecular flexibility index (Phi) is 4.18. The minimum Gasteiger partial charge on any atom is -0.487 e. The maximum Gasteiger partial charge on any atom is 0.257 e. The van der Waals surface area contributed by atoms with Gasteiger partial charge in [-0.05, 0) is 26.8 Å². The van der Waals surface area contributed by atoms with Gasteiger partial charge in [0.05, 0.1) is 0 Å². The van der Waals surface area contributed by atoms with E-state index in [4.69, 9.17) is 15.2 Å². The summed E-state index contributed by atoms with van der Waals surface area (Å²) in [5.41, 5.74) is 6.84. The lowest BCUT2D eigenvalue weighted by Gasteiger charge is -2.36. The number of carbonyl (C=O) groups is 1. The number of nitrogens with one attached hydrogen (secondary N) is 1. The largest absolute Gasteiger partial charge is 0.487 e. The molecular weight excluding hydrogens is 256 g/mol. The predicted octanol–water partition coefficient (Wildman–Crippen LogP) is 1.76. The molecule has 0 saturated carbocycles. The molecule has 3 N–H and O–H groups in total. The Bertz CT molecular complexity index is 500. The highest BCUT2D eigenvalue weighted by Crippen LogP contribution is 2.39. The fourth-order valence-electron chi connectivity index (χ4n) is 2.38. The van der Waals surface area contributed by atoms with Gasteiger partial charge in [-0.15, -0.1) is 0 Å². The van der Waals surface area contributed by atoms with Crippen LogP contribution in [0.5, 0.6) is 11.5 Å². The first-order valence-corrected chi connectivity index (χ1v) is 6.89. The normalized spacial score (nSPS) is 19.7. The highest BCUT2D eigenvalue weighted by Gasteiger charge is 2.31. The van der Waals surface area contributed by atoms with E-state index < -0.39 is 0 Å². The van der Waals surface area contributed by atoms with Gasteiger partial charge in [-0.25, -0.2) is 0 Å². The summed E-state index contributed by atoms with van der Waals surface area (Å²) in [6, 6.07) is 5.49. The van der Waals surface area contributed by atoms with E-state index in [0.717, 1.165) is 17.7 Å². The van der Waals surface area contributed by atoms with Gasteiger partial charge >= 0.3 is 0 Å². The Labute approximate surface area is 119 Å². The average Bonchev–Trinajstić information content (AvgIpc) is 2.34. The predicted molar refractivity (Wildman–Crippen MR) is 76.9 cm³/mol. The number of nitrogens with two attached hydrogens (primary N) is 1. The van der Waals surface area contributed by atoms with E-state index in [1.807, 2.05) is 32.9 Å². The van der Waals surface area contributed by atoms with Crippen LogP contribution in [0.15, 0.2) is 18.2 Å². The lowest BCUT2D eigenvalue weighted by Crippen LogP contribution is -2.37. The van der Waals surface area contributed by atoms with Crippen LogP contribution in [-0.4, -0.2) is 24.7 Å². The van der Waals surface area contributed by atoms with Gasteiger partial charge in [-0.1, -0.05) is 6.07 Å². The van der Waals surface area contributed by atoms with Crippen LogP contribution in [0, 0.1) is 0 Å². The van der Waals surface area contributed by atoms with Crippen molar-refractivity contribution in [3.8, 4) is 11.5 Å². The van der Waals surface area contributed by atoms with E-state index in [1.54, 1.807) is 6.07 Å². The van der Waals surface area contributed by atoms with E-state index in [-0.39, 0.29) is 24.2 Å². The fraction of sp³-hybridized carbons (Fsp3) is 0.533. The van der Waals surface area contributed by atoms with Crippen molar-refractivity contribution >= 4 is 5.91 Å². The molecule has 20 heavy (non-hydrogen) atoms. The molecule has 1 aromatic rings. The third-order valence-electron chi connectivity index (χ3n) is 3.23. The van der Waals surface area contributed by atoms with Gasteiger partial charge in [0.1, 0.15) is 17.1 Å². The molecule has 5 heteroatoms. The first kappa shape index (κ1) is 14.7. The molecule has 0 saturated heterocycles. The van der Waals surface area contributed by atoms with Crippen molar-refractivity contribution in [3.05, 3.63) is 23.8 Å². The summed E-state index contributed by atoms with van der Waals surface area (Å²) in [6.07, 6.45) is 0.777. The molecule has 110 valence electrons. The third kappa shape index (κ3) is 3.42. The smallest absolute Gasteiger partial charge is 0.257 e. The van der Waals surface area contributed by atoms with Gasteiger partial charge in [-0.3, -0.25) is 4.79 Å². The summed E-state index contributed by atoms with van der Waals surface area (Å²) < 4.78 is 11.4. The zero-order valence-corrected chi connectivity index (χ0v) is 12.2. The quantitative estimate of drug-likeness (QED) is 0.880. The summed E-state index contributed by atoms with van der Waals surface area (Å²) in [5, 5.41) is 2.68. The number of fused-ring (bicyclic) bond motifs is 1. The SMILES string of the molecule is CCNC(=O)COc1ccc2c(c1)OC(C)(C)CC2N. The monoisotopic (exact) mass is 278 g/mol.